The van der Waals surface area contributed by atoms with Crippen LogP contribution in [0.25, 0.3) is 16.9 Å². The first-order valence-corrected chi connectivity index (χ1v) is 11.4. The van der Waals surface area contributed by atoms with Gasteiger partial charge in [0.15, 0.2) is 17.3 Å². The molecule has 0 saturated carbocycles. The first kappa shape index (κ1) is 23.2. The zero-order valence-corrected chi connectivity index (χ0v) is 20.2. The fourth-order valence-electron chi connectivity index (χ4n) is 3.68. The van der Waals surface area contributed by atoms with Gasteiger partial charge in [0.1, 0.15) is 0 Å². The number of nitrogens with zero attached hydrogens (tertiary/aromatic N) is 6. The molecular weight excluding hydrogens is 480 g/mol. The van der Waals surface area contributed by atoms with Gasteiger partial charge in [-0.2, -0.15) is 5.10 Å². The van der Waals surface area contributed by atoms with Gasteiger partial charge >= 0.3 is 0 Å². The number of nitrogens with one attached hydrogen (secondary N) is 2. The van der Waals surface area contributed by atoms with Crippen LogP contribution in [0.2, 0.25) is 5.02 Å². The zero-order valence-electron chi connectivity index (χ0n) is 19.4. The Morgan fingerprint density at radius 2 is 1.81 bits per heavy atom. The molecule has 1 aromatic carbocycles. The van der Waals surface area contributed by atoms with E-state index in [9.17, 15) is 9.59 Å². The lowest BCUT2D eigenvalue weighted by Gasteiger charge is -2.08. The summed E-state index contributed by atoms with van der Waals surface area (Å²) in [6, 6.07) is 12.9. The Labute approximate surface area is 211 Å². The maximum absolute atomic E-state index is 13.1. The van der Waals surface area contributed by atoms with Gasteiger partial charge < -0.3 is 15.2 Å². The molecule has 0 atom stereocenters. The highest BCUT2D eigenvalue weighted by Crippen LogP contribution is 2.21. The second kappa shape index (κ2) is 9.59. The number of pyridine rings is 1. The van der Waals surface area contributed by atoms with E-state index in [1.54, 1.807) is 54.6 Å². The fourth-order valence-corrected chi connectivity index (χ4v) is 3.80. The lowest BCUT2D eigenvalue weighted by atomic mass is 10.1. The minimum atomic E-state index is -0.324. The van der Waals surface area contributed by atoms with Crippen LogP contribution in [0.5, 0.6) is 0 Å². The van der Waals surface area contributed by atoms with Gasteiger partial charge in [-0.25, -0.2) is 14.5 Å². The molecule has 0 aliphatic heterocycles. The van der Waals surface area contributed by atoms with E-state index in [1.807, 2.05) is 28.8 Å². The van der Waals surface area contributed by atoms with Crippen molar-refractivity contribution in [1.29, 1.82) is 0 Å². The van der Waals surface area contributed by atoms with Crippen molar-refractivity contribution in [2.45, 2.75) is 20.4 Å². The third-order valence-electron chi connectivity index (χ3n) is 5.40. The maximum Gasteiger partial charge on any atom is 0.258 e. The molecule has 0 radical (unpaired) electrons. The van der Waals surface area contributed by atoms with E-state index in [1.165, 1.54) is 6.92 Å². The fraction of sp³-hybridized carbons (Fsp3) is 0.120. The van der Waals surface area contributed by atoms with Crippen LogP contribution in [0.1, 0.15) is 28.5 Å². The summed E-state index contributed by atoms with van der Waals surface area (Å²) in [5.74, 6) is 0.300. The first-order valence-electron chi connectivity index (χ1n) is 11.0. The predicted octanol–water partition coefficient (Wildman–Crippen LogP) is 4.21. The Bertz CT molecular complexity index is 1590. The molecule has 2 N–H and O–H groups in total. The maximum atomic E-state index is 13.1. The molecule has 0 aliphatic rings. The van der Waals surface area contributed by atoms with Crippen LogP contribution in [0.3, 0.4) is 0 Å². The summed E-state index contributed by atoms with van der Waals surface area (Å²) in [7, 11) is 0. The number of amides is 2. The van der Waals surface area contributed by atoms with E-state index in [2.05, 4.69) is 30.7 Å². The molecular formula is C25H21ClN8O2. The summed E-state index contributed by atoms with van der Waals surface area (Å²) in [6.45, 7) is 3.78. The number of carbonyl (C=O) groups excluding carboxylic acids is 2. The van der Waals surface area contributed by atoms with Gasteiger partial charge in [-0.05, 0) is 42.8 Å². The van der Waals surface area contributed by atoms with Crippen molar-refractivity contribution >= 4 is 40.7 Å². The molecule has 2 amide bonds. The van der Waals surface area contributed by atoms with E-state index >= 15 is 0 Å². The highest BCUT2D eigenvalue weighted by molar-refractivity contribution is 6.30. The lowest BCUT2D eigenvalue weighted by Crippen LogP contribution is -2.14. The van der Waals surface area contributed by atoms with Gasteiger partial charge in [-0.3, -0.25) is 14.6 Å². The minimum absolute atomic E-state index is 0.216. The van der Waals surface area contributed by atoms with Gasteiger partial charge in [-0.15, -0.1) is 0 Å². The van der Waals surface area contributed by atoms with E-state index < -0.39 is 0 Å². The Hall–Kier alpha value is -4.57. The van der Waals surface area contributed by atoms with Crippen LogP contribution in [0.15, 0.2) is 67.4 Å². The number of rotatable bonds is 6. The smallest absolute Gasteiger partial charge is 0.258 e. The number of fused-ring (bicyclic) bond motifs is 1. The standard InChI is InChI=1S/C25H21ClN8O2/c1-15-20(25(36)31-22-12-33(14-28-22)11-17-3-5-19(26)6-4-17)9-18(10-27-15)21-7-8-24-30-23(29-16(2)35)13-34(24)32-21/h3-10,12-14H,11H2,1-2H3,(H,29,35)(H,31,36). The van der Waals surface area contributed by atoms with Crippen LogP contribution in [-0.2, 0) is 11.3 Å². The number of hydrogen-bond acceptors (Lipinski definition) is 6. The molecule has 10 nitrogen and oxygen atoms in total. The Morgan fingerprint density at radius 1 is 1.00 bits per heavy atom. The molecule has 0 spiro atoms. The topological polar surface area (TPSA) is 119 Å². The molecule has 0 fully saturated rings. The van der Waals surface area contributed by atoms with Crippen LogP contribution in [-0.4, -0.2) is 40.9 Å². The molecule has 0 aliphatic carbocycles. The van der Waals surface area contributed by atoms with Crippen molar-refractivity contribution < 1.29 is 9.59 Å². The number of anilines is 2. The van der Waals surface area contributed by atoms with Gasteiger partial charge in [0.05, 0.1) is 29.5 Å². The van der Waals surface area contributed by atoms with E-state index in [4.69, 9.17) is 11.6 Å². The average Bonchev–Trinajstić information content (AvgIpc) is 3.45. The summed E-state index contributed by atoms with van der Waals surface area (Å²) in [6.07, 6.45) is 6.70. The zero-order chi connectivity index (χ0) is 25.2. The highest BCUT2D eigenvalue weighted by atomic mass is 35.5. The summed E-state index contributed by atoms with van der Waals surface area (Å²) in [4.78, 5) is 37.3. The summed E-state index contributed by atoms with van der Waals surface area (Å²) >= 11 is 5.95. The van der Waals surface area contributed by atoms with E-state index in [0.717, 1.165) is 5.56 Å². The second-order valence-electron chi connectivity index (χ2n) is 8.20. The largest absolute Gasteiger partial charge is 0.331 e. The van der Waals surface area contributed by atoms with Crippen LogP contribution >= 0.6 is 11.6 Å². The monoisotopic (exact) mass is 500 g/mol. The van der Waals surface area contributed by atoms with Gasteiger partial charge in [0, 0.05) is 36.4 Å². The Morgan fingerprint density at radius 3 is 2.58 bits per heavy atom. The summed E-state index contributed by atoms with van der Waals surface area (Å²) in [5, 5.41) is 10.7. The quantitative estimate of drug-likeness (QED) is 0.360. The summed E-state index contributed by atoms with van der Waals surface area (Å²) < 4.78 is 3.44. The van der Waals surface area contributed by atoms with Crippen molar-refractivity contribution in [2.24, 2.45) is 0 Å². The van der Waals surface area contributed by atoms with Crippen molar-refractivity contribution in [3.05, 3.63) is 89.2 Å². The van der Waals surface area contributed by atoms with E-state index in [-0.39, 0.29) is 11.8 Å². The molecule has 0 saturated heterocycles. The number of imidazole rings is 2. The molecule has 4 aromatic heterocycles. The molecule has 4 heterocycles. The number of hydrogen-bond donors (Lipinski definition) is 2. The number of aryl methyl sites for hydroxylation is 1. The van der Waals surface area contributed by atoms with Crippen LogP contribution in [0, 0.1) is 6.92 Å². The summed E-state index contributed by atoms with van der Waals surface area (Å²) in [5.41, 5.74) is 3.89. The SMILES string of the molecule is CC(=O)Nc1cn2nc(-c3cnc(C)c(C(=O)Nc4cn(Cc5ccc(Cl)cc5)cn4)c3)ccc2n1. The highest BCUT2D eigenvalue weighted by Gasteiger charge is 2.15. The number of aromatic nitrogens is 6. The van der Waals surface area contributed by atoms with Gasteiger partial charge in [-0.1, -0.05) is 23.7 Å². The van der Waals surface area contributed by atoms with Crippen molar-refractivity contribution in [3.8, 4) is 11.3 Å². The Kier molecular flexibility index (Phi) is 6.17. The molecule has 0 unspecified atom stereocenters. The number of benzene rings is 1. The number of halogens is 1. The Balaban J connectivity index is 1.34. The van der Waals surface area contributed by atoms with Crippen molar-refractivity contribution in [2.75, 3.05) is 10.6 Å². The predicted molar refractivity (Wildman–Crippen MR) is 136 cm³/mol. The third kappa shape index (κ3) is 5.08. The molecule has 5 rings (SSSR count). The van der Waals surface area contributed by atoms with E-state index in [0.29, 0.717) is 51.4 Å². The molecule has 0 bridgehead atoms. The average molecular weight is 501 g/mol. The molecule has 180 valence electrons. The van der Waals surface area contributed by atoms with Crippen LogP contribution in [0.4, 0.5) is 11.6 Å². The lowest BCUT2D eigenvalue weighted by molar-refractivity contribution is -0.114. The molecule has 11 heteroatoms. The normalized spacial score (nSPS) is 11.0. The van der Waals surface area contributed by atoms with Crippen molar-refractivity contribution in [1.82, 2.24) is 29.1 Å². The van der Waals surface area contributed by atoms with Gasteiger partial charge in [0.2, 0.25) is 5.91 Å². The third-order valence-corrected chi connectivity index (χ3v) is 5.66. The van der Waals surface area contributed by atoms with Gasteiger partial charge in [0.25, 0.3) is 5.91 Å². The van der Waals surface area contributed by atoms with Crippen molar-refractivity contribution in [3.63, 3.8) is 0 Å². The second-order valence-corrected chi connectivity index (χ2v) is 8.63. The molecule has 5 aromatic rings. The first-order chi connectivity index (χ1) is 17.3. The number of carbonyl (C=O) groups is 2. The molecule has 36 heavy (non-hydrogen) atoms. The minimum Gasteiger partial charge on any atom is -0.331 e. The van der Waals surface area contributed by atoms with Crippen LogP contribution < -0.4 is 10.6 Å².